The van der Waals surface area contributed by atoms with Crippen LogP contribution in [0.25, 0.3) is 0 Å². The number of rotatable bonds is 3. The highest BCUT2D eigenvalue weighted by Gasteiger charge is 2.30. The molecule has 1 amide bonds. The molecule has 15 heavy (non-hydrogen) atoms. The molecule has 0 aromatic carbocycles. The van der Waals surface area contributed by atoms with Crippen molar-refractivity contribution in [3.8, 4) is 0 Å². The zero-order valence-electron chi connectivity index (χ0n) is 8.32. The molecule has 1 aromatic rings. The molecular weight excluding hydrogens is 194 g/mol. The summed E-state index contributed by atoms with van der Waals surface area (Å²) in [6.07, 6.45) is 4.11. The maximum atomic E-state index is 11.8. The number of aromatic amines is 1. The monoisotopic (exact) mass is 207 g/mol. The van der Waals surface area contributed by atoms with Crippen molar-refractivity contribution in [1.29, 1.82) is 0 Å². The average molecular weight is 207 g/mol. The van der Waals surface area contributed by atoms with Gasteiger partial charge in [0.05, 0.1) is 25.5 Å². The van der Waals surface area contributed by atoms with Crippen molar-refractivity contribution in [2.75, 3.05) is 13.2 Å². The number of carbonyl (C=O) groups is 1. The molecule has 1 aliphatic heterocycles. The lowest BCUT2D eigenvalue weighted by molar-refractivity contribution is -0.00356. The molecule has 1 saturated carbocycles. The van der Waals surface area contributed by atoms with Crippen LogP contribution in [0.5, 0.6) is 0 Å². The van der Waals surface area contributed by atoms with Gasteiger partial charge in [-0.05, 0) is 18.8 Å². The van der Waals surface area contributed by atoms with E-state index in [1.54, 1.807) is 6.20 Å². The van der Waals surface area contributed by atoms with E-state index in [2.05, 4.69) is 15.5 Å². The Hall–Kier alpha value is -1.36. The first-order valence-electron chi connectivity index (χ1n) is 5.26. The highest BCUT2D eigenvalue weighted by molar-refractivity contribution is 5.94. The summed E-state index contributed by atoms with van der Waals surface area (Å²) in [5.41, 5.74) is 1.69. The van der Waals surface area contributed by atoms with Gasteiger partial charge in [0.2, 0.25) is 0 Å². The first-order chi connectivity index (χ1) is 7.34. The third kappa shape index (κ3) is 1.63. The van der Waals surface area contributed by atoms with Gasteiger partial charge in [0.25, 0.3) is 5.91 Å². The second-order valence-corrected chi connectivity index (χ2v) is 4.18. The second-order valence-electron chi connectivity index (χ2n) is 4.18. The van der Waals surface area contributed by atoms with Crippen LogP contribution in [0.2, 0.25) is 0 Å². The largest absolute Gasteiger partial charge is 0.377 e. The summed E-state index contributed by atoms with van der Waals surface area (Å²) < 4.78 is 5.00. The Kier molecular flexibility index (Phi) is 1.98. The smallest absolute Gasteiger partial charge is 0.269 e. The third-order valence-electron chi connectivity index (χ3n) is 2.89. The number of aromatic nitrogens is 2. The Morgan fingerprint density at radius 2 is 2.33 bits per heavy atom. The van der Waals surface area contributed by atoms with Gasteiger partial charge in [0.1, 0.15) is 5.69 Å². The molecule has 0 atom stereocenters. The average Bonchev–Trinajstić information content (AvgIpc) is 2.90. The predicted octanol–water partition coefficient (Wildman–Crippen LogP) is 0.416. The normalized spacial score (nSPS) is 21.1. The molecule has 80 valence electrons. The minimum Gasteiger partial charge on any atom is -0.377 e. The summed E-state index contributed by atoms with van der Waals surface area (Å²) in [6, 6.07) is 0.174. The molecule has 0 spiro atoms. The van der Waals surface area contributed by atoms with Crippen LogP contribution in [-0.2, 0) is 4.74 Å². The Morgan fingerprint density at radius 3 is 2.93 bits per heavy atom. The molecule has 5 nitrogen and oxygen atoms in total. The number of nitrogens with zero attached hydrogens (tertiary/aromatic N) is 1. The second kappa shape index (κ2) is 3.34. The van der Waals surface area contributed by atoms with E-state index in [0.717, 1.165) is 5.56 Å². The summed E-state index contributed by atoms with van der Waals surface area (Å²) in [5.74, 6) is 0.491. The Labute approximate surface area is 87.2 Å². The van der Waals surface area contributed by atoms with Crippen LogP contribution in [-0.4, -0.2) is 35.4 Å². The SMILES string of the molecule is O=C(NC1COC1)c1[nH]ncc1C1CC1. The van der Waals surface area contributed by atoms with E-state index in [4.69, 9.17) is 4.74 Å². The van der Waals surface area contributed by atoms with Gasteiger partial charge in [-0.2, -0.15) is 5.10 Å². The van der Waals surface area contributed by atoms with E-state index >= 15 is 0 Å². The third-order valence-corrected chi connectivity index (χ3v) is 2.89. The highest BCUT2D eigenvalue weighted by atomic mass is 16.5. The number of nitrogens with one attached hydrogen (secondary N) is 2. The lowest BCUT2D eigenvalue weighted by Crippen LogP contribution is -2.48. The van der Waals surface area contributed by atoms with Gasteiger partial charge in [0, 0.05) is 5.56 Å². The lowest BCUT2D eigenvalue weighted by Gasteiger charge is -2.26. The van der Waals surface area contributed by atoms with Crippen molar-refractivity contribution in [3.63, 3.8) is 0 Å². The van der Waals surface area contributed by atoms with Gasteiger partial charge in [-0.25, -0.2) is 0 Å². The van der Waals surface area contributed by atoms with Crippen molar-refractivity contribution >= 4 is 5.91 Å². The molecule has 1 saturated heterocycles. The molecule has 2 N–H and O–H groups in total. The topological polar surface area (TPSA) is 67.0 Å². The number of carbonyl (C=O) groups excluding carboxylic acids is 1. The fraction of sp³-hybridized carbons (Fsp3) is 0.600. The Bertz CT molecular complexity index is 380. The van der Waals surface area contributed by atoms with E-state index < -0.39 is 0 Å². The van der Waals surface area contributed by atoms with E-state index in [-0.39, 0.29) is 11.9 Å². The molecule has 2 fully saturated rings. The van der Waals surface area contributed by atoms with E-state index in [9.17, 15) is 4.79 Å². The van der Waals surface area contributed by atoms with Crippen LogP contribution in [0.3, 0.4) is 0 Å². The minimum atomic E-state index is -0.0531. The first-order valence-corrected chi connectivity index (χ1v) is 5.26. The van der Waals surface area contributed by atoms with E-state index in [1.165, 1.54) is 12.8 Å². The fourth-order valence-corrected chi connectivity index (χ4v) is 1.76. The molecule has 0 bridgehead atoms. The van der Waals surface area contributed by atoms with Gasteiger partial charge < -0.3 is 10.1 Å². The highest BCUT2D eigenvalue weighted by Crippen LogP contribution is 2.41. The number of H-pyrrole nitrogens is 1. The molecule has 1 aliphatic carbocycles. The number of ether oxygens (including phenoxy) is 1. The Balaban J connectivity index is 1.72. The summed E-state index contributed by atoms with van der Waals surface area (Å²) in [4.78, 5) is 11.8. The van der Waals surface area contributed by atoms with Crippen LogP contribution >= 0.6 is 0 Å². The van der Waals surface area contributed by atoms with Crippen molar-refractivity contribution < 1.29 is 9.53 Å². The number of amides is 1. The van der Waals surface area contributed by atoms with Gasteiger partial charge >= 0.3 is 0 Å². The quantitative estimate of drug-likeness (QED) is 0.754. The van der Waals surface area contributed by atoms with E-state index in [0.29, 0.717) is 24.8 Å². The van der Waals surface area contributed by atoms with Crippen molar-refractivity contribution in [2.45, 2.75) is 24.8 Å². The number of hydrogen-bond acceptors (Lipinski definition) is 3. The van der Waals surface area contributed by atoms with Gasteiger partial charge in [-0.1, -0.05) is 0 Å². The van der Waals surface area contributed by atoms with Crippen LogP contribution in [0, 0.1) is 0 Å². The molecule has 0 unspecified atom stereocenters. The van der Waals surface area contributed by atoms with Crippen LogP contribution in [0.1, 0.15) is 34.8 Å². The maximum absolute atomic E-state index is 11.8. The number of hydrogen-bond donors (Lipinski definition) is 2. The minimum absolute atomic E-state index is 0.0531. The van der Waals surface area contributed by atoms with E-state index in [1.807, 2.05) is 0 Å². The van der Waals surface area contributed by atoms with Gasteiger partial charge in [-0.15, -0.1) is 0 Å². The lowest BCUT2D eigenvalue weighted by atomic mass is 10.1. The van der Waals surface area contributed by atoms with Crippen LogP contribution < -0.4 is 5.32 Å². The molecular formula is C10H13N3O2. The molecule has 2 aliphatic rings. The molecule has 0 radical (unpaired) electrons. The molecule has 5 heteroatoms. The summed E-state index contributed by atoms with van der Waals surface area (Å²) in [6.45, 7) is 1.25. The summed E-state index contributed by atoms with van der Waals surface area (Å²) >= 11 is 0. The molecule has 2 heterocycles. The van der Waals surface area contributed by atoms with Gasteiger partial charge in [0.15, 0.2) is 0 Å². The van der Waals surface area contributed by atoms with Crippen molar-refractivity contribution in [3.05, 3.63) is 17.5 Å². The maximum Gasteiger partial charge on any atom is 0.269 e. The van der Waals surface area contributed by atoms with Gasteiger partial charge in [-0.3, -0.25) is 9.89 Å². The summed E-state index contributed by atoms with van der Waals surface area (Å²) in [5, 5.41) is 9.62. The van der Waals surface area contributed by atoms with Crippen LogP contribution in [0.4, 0.5) is 0 Å². The fourth-order valence-electron chi connectivity index (χ4n) is 1.76. The molecule has 1 aromatic heterocycles. The Morgan fingerprint density at radius 1 is 1.53 bits per heavy atom. The summed E-state index contributed by atoms with van der Waals surface area (Å²) in [7, 11) is 0. The zero-order valence-corrected chi connectivity index (χ0v) is 8.32. The molecule has 3 rings (SSSR count). The van der Waals surface area contributed by atoms with Crippen molar-refractivity contribution in [2.24, 2.45) is 0 Å². The first kappa shape index (κ1) is 8.91. The van der Waals surface area contributed by atoms with Crippen molar-refractivity contribution in [1.82, 2.24) is 15.5 Å². The zero-order chi connectivity index (χ0) is 10.3. The van der Waals surface area contributed by atoms with Crippen LogP contribution in [0.15, 0.2) is 6.20 Å². The predicted molar refractivity (Wildman–Crippen MR) is 52.6 cm³/mol. The standard InChI is InChI=1S/C10H13N3O2/c14-10(12-7-4-15-5-7)9-8(3-11-13-9)6-1-2-6/h3,6-7H,1-2,4-5H2,(H,11,13)(H,12,14).